The minimum absolute atomic E-state index is 0.0496. The van der Waals surface area contributed by atoms with Gasteiger partial charge in [-0.05, 0) is 47.5 Å². The number of halogens is 4. The van der Waals surface area contributed by atoms with Crippen molar-refractivity contribution in [3.8, 4) is 5.69 Å². The highest BCUT2D eigenvalue weighted by Gasteiger charge is 2.30. The zero-order valence-corrected chi connectivity index (χ0v) is 19.3. The van der Waals surface area contributed by atoms with Crippen LogP contribution in [0.5, 0.6) is 0 Å². The first-order chi connectivity index (χ1) is 17.1. The van der Waals surface area contributed by atoms with Gasteiger partial charge in [0, 0.05) is 11.6 Å². The highest BCUT2D eigenvalue weighted by atomic mass is 35.5. The van der Waals surface area contributed by atoms with Crippen molar-refractivity contribution in [1.29, 1.82) is 0 Å². The molecular weight excluding hydrogens is 497 g/mol. The molecule has 7 nitrogen and oxygen atoms in total. The second-order valence-electron chi connectivity index (χ2n) is 7.78. The number of hydrogen-bond acceptors (Lipinski definition) is 4. The molecule has 3 aromatic carbocycles. The zero-order chi connectivity index (χ0) is 25.9. The normalized spacial score (nSPS) is 11.3. The van der Waals surface area contributed by atoms with Crippen LogP contribution in [0.25, 0.3) is 5.69 Å². The average Bonchev–Trinajstić information content (AvgIpc) is 2.86. The first-order valence-electron chi connectivity index (χ1n) is 10.6. The van der Waals surface area contributed by atoms with Crippen LogP contribution in [0.2, 0.25) is 5.02 Å². The second-order valence-corrected chi connectivity index (χ2v) is 8.21. The third-order valence-corrected chi connectivity index (χ3v) is 5.49. The fraction of sp³-hybridized carbons (Fsp3) is 0.120. The molecule has 1 amide bonds. The number of amides is 1. The smallest absolute Gasteiger partial charge is 0.346 e. The Morgan fingerprint density at radius 3 is 2.25 bits per heavy atom. The molecule has 0 aliphatic heterocycles. The van der Waals surface area contributed by atoms with E-state index < -0.39 is 41.1 Å². The predicted octanol–water partition coefficient (Wildman–Crippen LogP) is 4.04. The summed E-state index contributed by atoms with van der Waals surface area (Å²) in [6.45, 7) is -0.412. The van der Waals surface area contributed by atoms with Gasteiger partial charge in [-0.3, -0.25) is 14.2 Å². The Labute approximate surface area is 207 Å². The van der Waals surface area contributed by atoms with Crippen molar-refractivity contribution in [2.75, 3.05) is 0 Å². The van der Waals surface area contributed by atoms with Gasteiger partial charge in [0.1, 0.15) is 0 Å². The summed E-state index contributed by atoms with van der Waals surface area (Å²) in [7, 11) is 0. The molecule has 0 fully saturated rings. The lowest BCUT2D eigenvalue weighted by Gasteiger charge is -2.13. The molecule has 0 aliphatic carbocycles. The fourth-order valence-electron chi connectivity index (χ4n) is 3.44. The predicted molar refractivity (Wildman–Crippen MR) is 127 cm³/mol. The highest BCUT2D eigenvalue weighted by molar-refractivity contribution is 6.30. The summed E-state index contributed by atoms with van der Waals surface area (Å²) in [6.07, 6.45) is -4.61. The number of nitrogens with one attached hydrogen (secondary N) is 1. The number of carbonyl (C=O) groups excluding carboxylic acids is 1. The number of aromatic nitrogens is 3. The Hall–Kier alpha value is -4.18. The second kappa shape index (κ2) is 10.2. The molecule has 184 valence electrons. The lowest BCUT2D eigenvalue weighted by atomic mass is 10.1. The number of nitrogens with zero attached hydrogens (tertiary/aromatic N) is 3. The van der Waals surface area contributed by atoms with Gasteiger partial charge in [-0.2, -0.15) is 23.0 Å². The molecule has 0 saturated heterocycles. The van der Waals surface area contributed by atoms with Gasteiger partial charge in [-0.15, -0.1) is 0 Å². The Bertz CT molecular complexity index is 1520. The number of carbonyl (C=O) groups is 1. The molecule has 0 aliphatic rings. The Morgan fingerprint density at radius 1 is 0.917 bits per heavy atom. The Balaban J connectivity index is 1.79. The number of rotatable bonds is 6. The van der Waals surface area contributed by atoms with Crippen LogP contribution in [0.3, 0.4) is 0 Å². The number of hydrogen-bond donors (Lipinski definition) is 1. The topological polar surface area (TPSA) is 86.0 Å². The van der Waals surface area contributed by atoms with Crippen molar-refractivity contribution in [3.05, 3.63) is 127 Å². The van der Waals surface area contributed by atoms with E-state index in [-0.39, 0.29) is 17.8 Å². The van der Waals surface area contributed by atoms with Crippen LogP contribution in [0.4, 0.5) is 13.2 Å². The van der Waals surface area contributed by atoms with Crippen LogP contribution in [0.15, 0.2) is 88.5 Å². The molecule has 0 saturated carbocycles. The van der Waals surface area contributed by atoms with E-state index in [0.29, 0.717) is 9.59 Å². The summed E-state index contributed by atoms with van der Waals surface area (Å²) in [4.78, 5) is 39.2. The largest absolute Gasteiger partial charge is 0.416 e. The summed E-state index contributed by atoms with van der Waals surface area (Å²) in [5, 5.41) is 6.94. The third-order valence-electron chi connectivity index (χ3n) is 5.24. The summed E-state index contributed by atoms with van der Waals surface area (Å²) in [5.41, 5.74) is -2.46. The molecule has 1 aromatic heterocycles. The van der Waals surface area contributed by atoms with Crippen LogP contribution in [-0.4, -0.2) is 20.3 Å². The van der Waals surface area contributed by atoms with Crippen LogP contribution in [-0.2, 0) is 19.3 Å². The van der Waals surface area contributed by atoms with Gasteiger partial charge in [0.2, 0.25) is 5.69 Å². The van der Waals surface area contributed by atoms with Crippen molar-refractivity contribution >= 4 is 17.5 Å². The first-order valence-corrected chi connectivity index (χ1v) is 11.0. The molecule has 0 unspecified atom stereocenters. The molecule has 0 atom stereocenters. The van der Waals surface area contributed by atoms with E-state index in [1.807, 2.05) is 0 Å². The van der Waals surface area contributed by atoms with Gasteiger partial charge < -0.3 is 5.32 Å². The zero-order valence-electron chi connectivity index (χ0n) is 18.5. The number of benzene rings is 3. The SMILES string of the molecule is O=C(NCc1ccccc1)c1nn(-c2ccc(Cl)cc2)c(=O)n(Cc2cccc(C(F)(F)F)c2)c1=O. The molecule has 4 aromatic rings. The van der Waals surface area contributed by atoms with Gasteiger partial charge >= 0.3 is 11.9 Å². The van der Waals surface area contributed by atoms with E-state index in [0.717, 1.165) is 22.4 Å². The summed E-state index contributed by atoms with van der Waals surface area (Å²) in [6, 6.07) is 19.1. The van der Waals surface area contributed by atoms with E-state index in [1.54, 1.807) is 30.3 Å². The third kappa shape index (κ3) is 5.55. The molecule has 0 spiro atoms. The Kier molecular flexibility index (Phi) is 7.07. The maximum Gasteiger partial charge on any atom is 0.416 e. The van der Waals surface area contributed by atoms with Crippen LogP contribution in [0.1, 0.15) is 27.2 Å². The van der Waals surface area contributed by atoms with Crippen molar-refractivity contribution in [3.63, 3.8) is 0 Å². The minimum atomic E-state index is -4.61. The van der Waals surface area contributed by atoms with Crippen LogP contribution >= 0.6 is 11.6 Å². The number of alkyl halides is 3. The maximum atomic E-state index is 13.2. The molecule has 11 heteroatoms. The summed E-state index contributed by atoms with van der Waals surface area (Å²) < 4.78 is 41.0. The monoisotopic (exact) mass is 514 g/mol. The lowest BCUT2D eigenvalue weighted by molar-refractivity contribution is -0.137. The summed E-state index contributed by atoms with van der Waals surface area (Å²) in [5.74, 6) is -0.843. The highest BCUT2D eigenvalue weighted by Crippen LogP contribution is 2.29. The molecule has 0 radical (unpaired) electrons. The van der Waals surface area contributed by atoms with Gasteiger partial charge in [-0.25, -0.2) is 4.79 Å². The Morgan fingerprint density at radius 2 is 1.58 bits per heavy atom. The maximum absolute atomic E-state index is 13.2. The fourth-order valence-corrected chi connectivity index (χ4v) is 3.56. The van der Waals surface area contributed by atoms with Gasteiger partial charge in [0.05, 0.1) is 17.8 Å². The quantitative estimate of drug-likeness (QED) is 0.421. The lowest BCUT2D eigenvalue weighted by Crippen LogP contribution is -2.46. The van der Waals surface area contributed by atoms with E-state index in [2.05, 4.69) is 10.4 Å². The molecule has 1 N–H and O–H groups in total. The van der Waals surface area contributed by atoms with Gasteiger partial charge in [0.25, 0.3) is 11.5 Å². The van der Waals surface area contributed by atoms with Gasteiger partial charge in [-0.1, -0.05) is 54.1 Å². The minimum Gasteiger partial charge on any atom is -0.346 e. The molecule has 1 heterocycles. The van der Waals surface area contributed by atoms with Gasteiger partial charge in [0.15, 0.2) is 0 Å². The van der Waals surface area contributed by atoms with E-state index in [4.69, 9.17) is 11.6 Å². The van der Waals surface area contributed by atoms with Crippen molar-refractivity contribution in [1.82, 2.24) is 19.7 Å². The molecular formula is C25H18ClF3N4O3. The van der Waals surface area contributed by atoms with E-state index in [9.17, 15) is 27.6 Å². The first kappa shape index (κ1) is 24.9. The van der Waals surface area contributed by atoms with Crippen molar-refractivity contribution in [2.45, 2.75) is 19.3 Å². The standard InChI is InChI=1S/C25H18ClF3N4O3/c26-19-9-11-20(12-10-19)33-24(36)32(15-17-7-4-8-18(13-17)25(27,28)29)23(35)21(31-33)22(34)30-14-16-5-2-1-3-6-16/h1-13H,14-15H2,(H,30,34). The van der Waals surface area contributed by atoms with Crippen LogP contribution < -0.4 is 16.6 Å². The molecule has 4 rings (SSSR count). The van der Waals surface area contributed by atoms with E-state index >= 15 is 0 Å². The average molecular weight is 515 g/mol. The van der Waals surface area contributed by atoms with Crippen LogP contribution in [0, 0.1) is 0 Å². The summed E-state index contributed by atoms with van der Waals surface area (Å²) >= 11 is 5.92. The van der Waals surface area contributed by atoms with Crippen molar-refractivity contribution < 1.29 is 18.0 Å². The molecule has 36 heavy (non-hydrogen) atoms. The van der Waals surface area contributed by atoms with E-state index in [1.165, 1.54) is 36.4 Å². The van der Waals surface area contributed by atoms with Crippen molar-refractivity contribution in [2.24, 2.45) is 0 Å². The molecule has 0 bridgehead atoms.